The lowest BCUT2D eigenvalue weighted by Crippen LogP contribution is -2.46. The second-order valence-corrected chi connectivity index (χ2v) is 5.45. The van der Waals surface area contributed by atoms with Gasteiger partial charge >= 0.3 is 0 Å². The van der Waals surface area contributed by atoms with Gasteiger partial charge in [-0.05, 0) is 6.07 Å². The number of rotatable bonds is 6. The van der Waals surface area contributed by atoms with Crippen LogP contribution in [0.1, 0.15) is 0 Å². The number of ether oxygens (including phenoxy) is 2. The molecule has 1 aromatic heterocycles. The molecule has 0 bridgehead atoms. The predicted molar refractivity (Wildman–Crippen MR) is 79.4 cm³/mol. The van der Waals surface area contributed by atoms with Gasteiger partial charge in [-0.3, -0.25) is 4.79 Å². The highest BCUT2D eigenvalue weighted by molar-refractivity contribution is 7.99. The Hall–Kier alpha value is -1.31. The first-order valence-electron chi connectivity index (χ1n) is 6.49. The van der Waals surface area contributed by atoms with Gasteiger partial charge in [0, 0.05) is 31.2 Å². The first-order valence-corrected chi connectivity index (χ1v) is 7.65. The maximum absolute atomic E-state index is 12.0. The third-order valence-electron chi connectivity index (χ3n) is 2.78. The number of carbonyl (C=O) groups excluding carboxylic acids is 1. The molecule has 0 spiro atoms. The topological polar surface area (TPSA) is 72.5 Å². The minimum Gasteiger partial charge on any atom is -0.475 e. The molecule has 0 radical (unpaired) electrons. The van der Waals surface area contributed by atoms with Gasteiger partial charge in [0.15, 0.2) is 0 Å². The summed E-state index contributed by atoms with van der Waals surface area (Å²) >= 11 is 1.78. The number of nitrogens with zero attached hydrogens (tertiary/aromatic N) is 1. The molecule has 2 heterocycles. The van der Waals surface area contributed by atoms with E-state index in [-0.39, 0.29) is 11.9 Å². The fraction of sp³-hybridized carbons (Fsp3) is 0.538. The monoisotopic (exact) mass is 297 g/mol. The normalized spacial score (nSPS) is 18.6. The van der Waals surface area contributed by atoms with Crippen LogP contribution in [0, 0.1) is 0 Å². The molecule has 1 atom stereocenters. The molecule has 1 aliphatic rings. The third kappa shape index (κ3) is 4.66. The summed E-state index contributed by atoms with van der Waals surface area (Å²) in [5.41, 5.74) is 0.673. The molecule has 1 aromatic rings. The summed E-state index contributed by atoms with van der Waals surface area (Å²) in [6, 6.07) is 3.38. The Labute approximate surface area is 122 Å². The summed E-state index contributed by atoms with van der Waals surface area (Å²) in [6.45, 7) is 1.84. The molecule has 1 aliphatic heterocycles. The zero-order valence-electron chi connectivity index (χ0n) is 11.4. The van der Waals surface area contributed by atoms with E-state index in [2.05, 4.69) is 15.6 Å². The minimum absolute atomic E-state index is 0.0212. The Balaban J connectivity index is 1.81. The van der Waals surface area contributed by atoms with Crippen LogP contribution in [0.3, 0.4) is 0 Å². The highest BCUT2D eigenvalue weighted by atomic mass is 32.2. The molecule has 7 heteroatoms. The summed E-state index contributed by atoms with van der Waals surface area (Å²) in [7, 11) is 1.62. The van der Waals surface area contributed by atoms with Crippen LogP contribution >= 0.6 is 11.8 Å². The number of hydrogen-bond acceptors (Lipinski definition) is 6. The molecule has 1 fully saturated rings. The van der Waals surface area contributed by atoms with Gasteiger partial charge in [-0.25, -0.2) is 4.98 Å². The number of aromatic nitrogens is 1. The van der Waals surface area contributed by atoms with Crippen LogP contribution in [-0.2, 0) is 9.53 Å². The third-order valence-corrected chi connectivity index (χ3v) is 3.84. The van der Waals surface area contributed by atoms with Crippen molar-refractivity contribution in [1.82, 2.24) is 10.3 Å². The first kappa shape index (κ1) is 15.1. The Morgan fingerprint density at radius 2 is 2.45 bits per heavy atom. The van der Waals surface area contributed by atoms with Crippen molar-refractivity contribution in [2.75, 3.05) is 43.7 Å². The fourth-order valence-corrected chi connectivity index (χ4v) is 2.67. The van der Waals surface area contributed by atoms with E-state index in [0.717, 1.165) is 18.1 Å². The van der Waals surface area contributed by atoms with E-state index in [1.165, 1.54) is 0 Å². The van der Waals surface area contributed by atoms with Gasteiger partial charge < -0.3 is 20.1 Å². The Morgan fingerprint density at radius 3 is 3.10 bits per heavy atom. The maximum atomic E-state index is 12.0. The highest BCUT2D eigenvalue weighted by Crippen LogP contribution is 2.13. The number of anilines is 1. The van der Waals surface area contributed by atoms with Crippen molar-refractivity contribution in [1.29, 1.82) is 0 Å². The number of amides is 1. The second-order valence-electron chi connectivity index (χ2n) is 4.30. The standard InChI is InChI=1S/C13H19N3O3S/c1-18-5-6-19-12-3-2-10(8-15-12)16-13(17)11-9-20-7-4-14-11/h2-3,8,11,14H,4-7,9H2,1H3,(H,16,17). The summed E-state index contributed by atoms with van der Waals surface area (Å²) in [5, 5.41) is 6.04. The Kier molecular flexibility index (Phi) is 6.10. The number of hydrogen-bond donors (Lipinski definition) is 2. The Bertz CT molecular complexity index is 421. The number of thioether (sulfide) groups is 1. The van der Waals surface area contributed by atoms with Crippen molar-refractivity contribution in [3.05, 3.63) is 18.3 Å². The first-order chi connectivity index (χ1) is 9.79. The van der Waals surface area contributed by atoms with Crippen molar-refractivity contribution >= 4 is 23.4 Å². The van der Waals surface area contributed by atoms with E-state index in [4.69, 9.17) is 9.47 Å². The molecule has 1 saturated heterocycles. The summed E-state index contributed by atoms with van der Waals surface area (Å²) in [6.07, 6.45) is 1.59. The van der Waals surface area contributed by atoms with Crippen LogP contribution < -0.4 is 15.4 Å². The van der Waals surface area contributed by atoms with Crippen LogP contribution in [0.2, 0.25) is 0 Å². The lowest BCUT2D eigenvalue weighted by molar-refractivity contribution is -0.117. The molecule has 0 aromatic carbocycles. The van der Waals surface area contributed by atoms with Gasteiger partial charge in [0.1, 0.15) is 6.61 Å². The molecule has 2 N–H and O–H groups in total. The quantitative estimate of drug-likeness (QED) is 0.755. The molecule has 0 saturated carbocycles. The van der Waals surface area contributed by atoms with E-state index in [1.54, 1.807) is 37.2 Å². The molecular formula is C13H19N3O3S. The number of carbonyl (C=O) groups is 1. The van der Waals surface area contributed by atoms with Crippen LogP contribution in [0.5, 0.6) is 5.88 Å². The molecule has 20 heavy (non-hydrogen) atoms. The molecule has 1 amide bonds. The second kappa shape index (κ2) is 8.08. The average molecular weight is 297 g/mol. The summed E-state index contributed by atoms with van der Waals surface area (Å²) in [4.78, 5) is 16.1. The van der Waals surface area contributed by atoms with Gasteiger partial charge in [0.2, 0.25) is 11.8 Å². The fourth-order valence-electron chi connectivity index (χ4n) is 1.73. The molecule has 6 nitrogen and oxygen atoms in total. The van der Waals surface area contributed by atoms with E-state index in [0.29, 0.717) is 24.8 Å². The smallest absolute Gasteiger partial charge is 0.242 e. The van der Waals surface area contributed by atoms with Gasteiger partial charge in [-0.1, -0.05) is 0 Å². The van der Waals surface area contributed by atoms with E-state index >= 15 is 0 Å². The molecule has 2 rings (SSSR count). The number of nitrogens with one attached hydrogen (secondary N) is 2. The van der Waals surface area contributed by atoms with Crippen molar-refractivity contribution < 1.29 is 14.3 Å². The molecule has 110 valence electrons. The lowest BCUT2D eigenvalue weighted by Gasteiger charge is -2.22. The highest BCUT2D eigenvalue weighted by Gasteiger charge is 2.20. The van der Waals surface area contributed by atoms with Gasteiger partial charge in [-0.2, -0.15) is 11.8 Å². The van der Waals surface area contributed by atoms with Gasteiger partial charge in [-0.15, -0.1) is 0 Å². The van der Waals surface area contributed by atoms with Crippen LogP contribution in [0.15, 0.2) is 18.3 Å². The lowest BCUT2D eigenvalue weighted by atomic mass is 10.3. The van der Waals surface area contributed by atoms with Crippen molar-refractivity contribution in [2.45, 2.75) is 6.04 Å². The van der Waals surface area contributed by atoms with Crippen LogP contribution in [0.25, 0.3) is 0 Å². The number of pyridine rings is 1. The molecule has 1 unspecified atom stereocenters. The predicted octanol–water partition coefficient (Wildman–Crippen LogP) is 0.750. The van der Waals surface area contributed by atoms with Gasteiger partial charge in [0.05, 0.1) is 24.5 Å². The largest absolute Gasteiger partial charge is 0.475 e. The van der Waals surface area contributed by atoms with E-state index in [1.807, 2.05) is 0 Å². The average Bonchev–Trinajstić information content (AvgIpc) is 2.50. The summed E-state index contributed by atoms with van der Waals surface area (Å²) < 4.78 is 10.2. The van der Waals surface area contributed by atoms with Crippen molar-refractivity contribution in [3.63, 3.8) is 0 Å². The van der Waals surface area contributed by atoms with Crippen molar-refractivity contribution in [3.8, 4) is 5.88 Å². The Morgan fingerprint density at radius 1 is 1.55 bits per heavy atom. The van der Waals surface area contributed by atoms with Crippen LogP contribution in [-0.4, -0.2) is 55.3 Å². The van der Waals surface area contributed by atoms with Gasteiger partial charge in [0.25, 0.3) is 0 Å². The molecule has 0 aliphatic carbocycles. The van der Waals surface area contributed by atoms with E-state index in [9.17, 15) is 4.79 Å². The van der Waals surface area contributed by atoms with Crippen LogP contribution in [0.4, 0.5) is 5.69 Å². The summed E-state index contributed by atoms with van der Waals surface area (Å²) in [5.74, 6) is 2.36. The maximum Gasteiger partial charge on any atom is 0.242 e. The minimum atomic E-state index is -0.133. The zero-order chi connectivity index (χ0) is 14.2. The number of methoxy groups -OCH3 is 1. The molecular weight excluding hydrogens is 278 g/mol. The van der Waals surface area contributed by atoms with E-state index < -0.39 is 0 Å². The SMILES string of the molecule is COCCOc1ccc(NC(=O)C2CSCCN2)cn1. The van der Waals surface area contributed by atoms with Crippen molar-refractivity contribution in [2.24, 2.45) is 0 Å². The zero-order valence-corrected chi connectivity index (χ0v) is 12.2.